The highest BCUT2D eigenvalue weighted by Gasteiger charge is 2.18. The standard InChI is InChI=1S/C14H10N4/c1-9(2)13(11(5-15)6-16)14(10(3)4)12(7-17)8-18/h1,3H2,2,4H3. The molecule has 0 saturated carbocycles. The van der Waals surface area contributed by atoms with E-state index in [1.807, 2.05) is 0 Å². The van der Waals surface area contributed by atoms with Crippen molar-refractivity contribution in [1.82, 2.24) is 0 Å². The molecule has 0 aromatic heterocycles. The summed E-state index contributed by atoms with van der Waals surface area (Å²) in [5.74, 6) is 0. The van der Waals surface area contributed by atoms with E-state index in [-0.39, 0.29) is 22.3 Å². The molecular weight excluding hydrogens is 224 g/mol. The molecule has 4 nitrogen and oxygen atoms in total. The maximum atomic E-state index is 8.91. The van der Waals surface area contributed by atoms with Crippen molar-refractivity contribution < 1.29 is 0 Å². The smallest absolute Gasteiger partial charge is 0.137 e. The molecule has 0 rings (SSSR count). The third-order valence-corrected chi connectivity index (χ3v) is 2.05. The fourth-order valence-corrected chi connectivity index (χ4v) is 1.38. The topological polar surface area (TPSA) is 95.2 Å². The lowest BCUT2D eigenvalue weighted by Crippen LogP contribution is -2.00. The zero-order valence-electron chi connectivity index (χ0n) is 10.2. The van der Waals surface area contributed by atoms with Crippen molar-refractivity contribution >= 4 is 0 Å². The molecule has 0 spiro atoms. The van der Waals surface area contributed by atoms with Gasteiger partial charge in [-0.3, -0.25) is 0 Å². The van der Waals surface area contributed by atoms with Crippen LogP contribution in [0.15, 0.2) is 46.6 Å². The van der Waals surface area contributed by atoms with Gasteiger partial charge in [0.1, 0.15) is 35.4 Å². The Balaban J connectivity index is 6.65. The van der Waals surface area contributed by atoms with Crippen molar-refractivity contribution in [3.63, 3.8) is 0 Å². The molecule has 18 heavy (non-hydrogen) atoms. The van der Waals surface area contributed by atoms with E-state index < -0.39 is 0 Å². The highest BCUT2D eigenvalue weighted by molar-refractivity contribution is 5.67. The Bertz CT molecular complexity index is 541. The van der Waals surface area contributed by atoms with E-state index in [0.717, 1.165) is 0 Å². The number of nitriles is 4. The number of nitrogens with zero attached hydrogens (tertiary/aromatic N) is 4. The van der Waals surface area contributed by atoms with Gasteiger partial charge in [-0.05, 0) is 25.0 Å². The average molecular weight is 234 g/mol. The first-order valence-corrected chi connectivity index (χ1v) is 4.85. The first-order chi connectivity index (χ1) is 8.44. The van der Waals surface area contributed by atoms with Gasteiger partial charge in [0.05, 0.1) is 0 Å². The summed E-state index contributed by atoms with van der Waals surface area (Å²) < 4.78 is 0. The van der Waals surface area contributed by atoms with Crippen LogP contribution in [0.25, 0.3) is 0 Å². The van der Waals surface area contributed by atoms with Crippen LogP contribution in [0.3, 0.4) is 0 Å². The molecule has 4 heteroatoms. The Morgan fingerprint density at radius 1 is 0.667 bits per heavy atom. The number of hydrogen-bond donors (Lipinski definition) is 0. The van der Waals surface area contributed by atoms with E-state index in [0.29, 0.717) is 11.1 Å². The molecule has 0 aromatic carbocycles. The summed E-state index contributed by atoms with van der Waals surface area (Å²) >= 11 is 0. The molecule has 0 aromatic rings. The van der Waals surface area contributed by atoms with Gasteiger partial charge in [-0.2, -0.15) is 21.0 Å². The van der Waals surface area contributed by atoms with Crippen LogP contribution in [0.1, 0.15) is 13.8 Å². The predicted molar refractivity (Wildman–Crippen MR) is 66.1 cm³/mol. The molecule has 0 aliphatic carbocycles. The molecular formula is C14H10N4. The molecule has 0 aliphatic rings. The van der Waals surface area contributed by atoms with Crippen LogP contribution in [0, 0.1) is 45.3 Å². The van der Waals surface area contributed by atoms with Crippen LogP contribution in [0.2, 0.25) is 0 Å². The van der Waals surface area contributed by atoms with E-state index in [1.54, 1.807) is 38.1 Å². The number of allylic oxidation sites excluding steroid dienone is 6. The molecule has 0 bridgehead atoms. The number of hydrogen-bond acceptors (Lipinski definition) is 4. The fraction of sp³-hybridized carbons (Fsp3) is 0.143. The minimum Gasteiger partial charge on any atom is -0.192 e. The Hall–Kier alpha value is -3.08. The van der Waals surface area contributed by atoms with E-state index in [4.69, 9.17) is 21.0 Å². The molecule has 86 valence electrons. The van der Waals surface area contributed by atoms with Gasteiger partial charge in [-0.25, -0.2) is 0 Å². The van der Waals surface area contributed by atoms with Gasteiger partial charge < -0.3 is 0 Å². The summed E-state index contributed by atoms with van der Waals surface area (Å²) in [6.45, 7) is 10.5. The van der Waals surface area contributed by atoms with Crippen LogP contribution >= 0.6 is 0 Å². The quantitative estimate of drug-likeness (QED) is 0.554. The van der Waals surface area contributed by atoms with Crippen LogP contribution in [0.5, 0.6) is 0 Å². The first kappa shape index (κ1) is 14.9. The largest absolute Gasteiger partial charge is 0.192 e. The molecule has 0 fully saturated rings. The summed E-state index contributed by atoms with van der Waals surface area (Å²) in [7, 11) is 0. The fourth-order valence-electron chi connectivity index (χ4n) is 1.38. The molecule has 0 amide bonds. The minimum absolute atomic E-state index is 0.191. The van der Waals surface area contributed by atoms with Gasteiger partial charge in [0.15, 0.2) is 0 Å². The Kier molecular flexibility index (Phi) is 5.38. The second-order valence-electron chi connectivity index (χ2n) is 3.51. The highest BCUT2D eigenvalue weighted by Crippen LogP contribution is 2.29. The highest BCUT2D eigenvalue weighted by atomic mass is 14.3. The van der Waals surface area contributed by atoms with Crippen LogP contribution in [0.4, 0.5) is 0 Å². The van der Waals surface area contributed by atoms with Crippen molar-refractivity contribution in [3.05, 3.63) is 46.6 Å². The monoisotopic (exact) mass is 234 g/mol. The first-order valence-electron chi connectivity index (χ1n) is 4.85. The summed E-state index contributed by atoms with van der Waals surface area (Å²) in [6, 6.07) is 6.94. The predicted octanol–water partition coefficient (Wildman–Crippen LogP) is 2.83. The Labute approximate surface area is 106 Å². The molecule has 0 radical (unpaired) electrons. The van der Waals surface area contributed by atoms with E-state index in [9.17, 15) is 0 Å². The van der Waals surface area contributed by atoms with Crippen molar-refractivity contribution in [3.8, 4) is 24.3 Å². The summed E-state index contributed by atoms with van der Waals surface area (Å²) in [5.41, 5.74) is 0.867. The van der Waals surface area contributed by atoms with E-state index in [1.165, 1.54) is 0 Å². The van der Waals surface area contributed by atoms with Gasteiger partial charge in [0, 0.05) is 11.1 Å². The zero-order chi connectivity index (χ0) is 14.3. The van der Waals surface area contributed by atoms with Crippen LogP contribution in [-0.2, 0) is 0 Å². The SMILES string of the molecule is C=C(C)C(=C(C#N)C#N)C(C(=C)C)=C(C#N)C#N. The normalized spacial score (nSPS) is 7.67. The van der Waals surface area contributed by atoms with E-state index >= 15 is 0 Å². The molecule has 0 heterocycles. The molecule has 0 saturated heterocycles. The van der Waals surface area contributed by atoms with Gasteiger partial charge in [0.2, 0.25) is 0 Å². The van der Waals surface area contributed by atoms with Gasteiger partial charge in [-0.15, -0.1) is 0 Å². The minimum atomic E-state index is -0.191. The average Bonchev–Trinajstić information content (AvgIpc) is 2.33. The molecule has 0 N–H and O–H groups in total. The third-order valence-electron chi connectivity index (χ3n) is 2.05. The third kappa shape index (κ3) is 2.96. The molecule has 0 unspecified atom stereocenters. The van der Waals surface area contributed by atoms with Gasteiger partial charge >= 0.3 is 0 Å². The number of rotatable bonds is 3. The van der Waals surface area contributed by atoms with E-state index in [2.05, 4.69) is 13.2 Å². The second-order valence-corrected chi connectivity index (χ2v) is 3.51. The Morgan fingerprint density at radius 3 is 1.00 bits per heavy atom. The lowest BCUT2D eigenvalue weighted by Gasteiger charge is -2.12. The lowest BCUT2D eigenvalue weighted by atomic mass is 9.88. The summed E-state index contributed by atoms with van der Waals surface area (Å²) in [6.07, 6.45) is 0. The van der Waals surface area contributed by atoms with Gasteiger partial charge in [0.25, 0.3) is 0 Å². The summed E-state index contributed by atoms with van der Waals surface area (Å²) in [4.78, 5) is 0. The van der Waals surface area contributed by atoms with Crippen LogP contribution in [-0.4, -0.2) is 0 Å². The lowest BCUT2D eigenvalue weighted by molar-refractivity contribution is 1.27. The summed E-state index contributed by atoms with van der Waals surface area (Å²) in [5, 5.41) is 35.7. The van der Waals surface area contributed by atoms with Crippen molar-refractivity contribution in [1.29, 1.82) is 21.0 Å². The maximum absolute atomic E-state index is 8.91. The zero-order valence-corrected chi connectivity index (χ0v) is 10.2. The second kappa shape index (κ2) is 6.49. The van der Waals surface area contributed by atoms with Crippen molar-refractivity contribution in [2.24, 2.45) is 0 Å². The van der Waals surface area contributed by atoms with Crippen molar-refractivity contribution in [2.75, 3.05) is 0 Å². The molecule has 0 atom stereocenters. The Morgan fingerprint density at radius 2 is 0.889 bits per heavy atom. The van der Waals surface area contributed by atoms with Gasteiger partial charge in [-0.1, -0.05) is 13.2 Å². The molecule has 0 aliphatic heterocycles. The van der Waals surface area contributed by atoms with Crippen molar-refractivity contribution in [2.45, 2.75) is 13.8 Å². The van der Waals surface area contributed by atoms with Crippen LogP contribution < -0.4 is 0 Å². The maximum Gasteiger partial charge on any atom is 0.137 e.